The van der Waals surface area contributed by atoms with E-state index in [1.165, 1.54) is 5.56 Å². The Kier molecular flexibility index (Phi) is 6.06. The SMILES string of the molecule is COc1ccc([C@H](C)CN2CC[C@H](S(=O)(=O)NC(C)C)C2)cc1. The van der Waals surface area contributed by atoms with Gasteiger partial charge >= 0.3 is 0 Å². The summed E-state index contributed by atoms with van der Waals surface area (Å²) in [4.78, 5) is 2.25. The predicted octanol–water partition coefficient (Wildman–Crippen LogP) is 2.20. The smallest absolute Gasteiger partial charge is 0.216 e. The largest absolute Gasteiger partial charge is 0.497 e. The molecule has 0 aromatic heterocycles. The van der Waals surface area contributed by atoms with Crippen molar-refractivity contribution in [2.24, 2.45) is 0 Å². The van der Waals surface area contributed by atoms with Crippen molar-refractivity contribution in [2.75, 3.05) is 26.7 Å². The van der Waals surface area contributed by atoms with Crippen molar-refractivity contribution in [1.29, 1.82) is 0 Å². The fraction of sp³-hybridized carbons (Fsp3) is 0.647. The van der Waals surface area contributed by atoms with Gasteiger partial charge in [-0.15, -0.1) is 0 Å². The second-order valence-electron chi connectivity index (χ2n) is 6.66. The molecule has 130 valence electrons. The van der Waals surface area contributed by atoms with Crippen LogP contribution in [0.4, 0.5) is 0 Å². The normalized spacial score (nSPS) is 20.8. The predicted molar refractivity (Wildman–Crippen MR) is 93.4 cm³/mol. The molecule has 23 heavy (non-hydrogen) atoms. The summed E-state index contributed by atoms with van der Waals surface area (Å²) in [5.74, 6) is 1.22. The molecule has 0 aliphatic carbocycles. The number of rotatable bonds is 7. The van der Waals surface area contributed by atoms with Gasteiger partial charge in [0.1, 0.15) is 5.75 Å². The van der Waals surface area contributed by atoms with E-state index in [0.29, 0.717) is 18.9 Å². The number of ether oxygens (including phenoxy) is 1. The van der Waals surface area contributed by atoms with E-state index in [2.05, 4.69) is 28.7 Å². The topological polar surface area (TPSA) is 58.6 Å². The molecule has 1 aliphatic rings. The molecule has 0 spiro atoms. The van der Waals surface area contributed by atoms with Crippen LogP contribution in [0.2, 0.25) is 0 Å². The van der Waals surface area contributed by atoms with E-state index in [-0.39, 0.29) is 11.3 Å². The molecule has 6 heteroatoms. The molecular formula is C17H28N2O3S. The van der Waals surface area contributed by atoms with Crippen LogP contribution < -0.4 is 9.46 Å². The van der Waals surface area contributed by atoms with E-state index >= 15 is 0 Å². The highest BCUT2D eigenvalue weighted by Gasteiger charge is 2.33. The Labute approximate surface area is 140 Å². The molecule has 5 nitrogen and oxygen atoms in total. The molecule has 0 bridgehead atoms. The lowest BCUT2D eigenvalue weighted by molar-refractivity contribution is 0.320. The number of likely N-dealkylation sites (tertiary alicyclic amines) is 1. The van der Waals surface area contributed by atoms with Gasteiger partial charge in [0, 0.05) is 19.1 Å². The molecule has 1 aromatic rings. The van der Waals surface area contributed by atoms with Gasteiger partial charge in [-0.05, 0) is 50.4 Å². The Morgan fingerprint density at radius 1 is 1.26 bits per heavy atom. The summed E-state index contributed by atoms with van der Waals surface area (Å²) in [5.41, 5.74) is 1.25. The van der Waals surface area contributed by atoms with Gasteiger partial charge in [-0.25, -0.2) is 13.1 Å². The summed E-state index contributed by atoms with van der Waals surface area (Å²) in [6.07, 6.45) is 0.706. The Bertz CT molecular complexity index is 599. The van der Waals surface area contributed by atoms with Crippen LogP contribution in [0.3, 0.4) is 0 Å². The van der Waals surface area contributed by atoms with Crippen molar-refractivity contribution in [1.82, 2.24) is 9.62 Å². The highest BCUT2D eigenvalue weighted by Crippen LogP contribution is 2.23. The lowest BCUT2D eigenvalue weighted by Gasteiger charge is -2.21. The minimum atomic E-state index is -3.21. The van der Waals surface area contributed by atoms with Crippen LogP contribution in [0.15, 0.2) is 24.3 Å². The lowest BCUT2D eigenvalue weighted by atomic mass is 10.0. The zero-order valence-electron chi connectivity index (χ0n) is 14.5. The number of methoxy groups -OCH3 is 1. The summed E-state index contributed by atoms with van der Waals surface area (Å²) in [5, 5.41) is -0.298. The third kappa shape index (κ3) is 4.93. The van der Waals surface area contributed by atoms with Crippen LogP contribution in [0.5, 0.6) is 5.75 Å². The van der Waals surface area contributed by atoms with Crippen LogP contribution in [0.1, 0.15) is 38.7 Å². The number of hydrogen-bond donors (Lipinski definition) is 1. The first-order valence-corrected chi connectivity index (χ1v) is 9.74. The summed E-state index contributed by atoms with van der Waals surface area (Å²) in [7, 11) is -1.55. The highest BCUT2D eigenvalue weighted by molar-refractivity contribution is 7.90. The first kappa shape index (κ1) is 18.2. The van der Waals surface area contributed by atoms with Crippen LogP contribution in [0.25, 0.3) is 0 Å². The maximum atomic E-state index is 12.3. The van der Waals surface area contributed by atoms with Crippen molar-refractivity contribution >= 4 is 10.0 Å². The van der Waals surface area contributed by atoms with Gasteiger partial charge in [-0.3, -0.25) is 0 Å². The van der Waals surface area contributed by atoms with Gasteiger partial charge in [-0.2, -0.15) is 0 Å². The van der Waals surface area contributed by atoms with E-state index in [1.54, 1.807) is 7.11 Å². The van der Waals surface area contributed by atoms with Crippen molar-refractivity contribution < 1.29 is 13.2 Å². The first-order valence-electron chi connectivity index (χ1n) is 8.19. The van der Waals surface area contributed by atoms with Crippen LogP contribution >= 0.6 is 0 Å². The standard InChI is InChI=1S/C17H28N2O3S/c1-13(2)18-23(20,21)17-9-10-19(12-17)11-14(3)15-5-7-16(22-4)8-6-15/h5-8,13-14,17-18H,9-12H2,1-4H3/t14-,17+/m1/s1. The molecule has 1 saturated heterocycles. The number of benzene rings is 1. The second-order valence-corrected chi connectivity index (χ2v) is 8.65. The van der Waals surface area contributed by atoms with E-state index in [9.17, 15) is 8.42 Å². The molecule has 0 radical (unpaired) electrons. The minimum absolute atomic E-state index is 0.0488. The average Bonchev–Trinajstić information content (AvgIpc) is 2.95. The molecule has 1 fully saturated rings. The molecule has 2 atom stereocenters. The Hall–Kier alpha value is -1.11. The quantitative estimate of drug-likeness (QED) is 0.827. The molecular weight excluding hydrogens is 312 g/mol. The Morgan fingerprint density at radius 3 is 2.48 bits per heavy atom. The number of nitrogens with zero attached hydrogens (tertiary/aromatic N) is 1. The van der Waals surface area contributed by atoms with Gasteiger partial charge in [0.25, 0.3) is 0 Å². The maximum Gasteiger partial charge on any atom is 0.216 e. The fourth-order valence-electron chi connectivity index (χ4n) is 3.07. The monoisotopic (exact) mass is 340 g/mol. The summed E-state index contributed by atoms with van der Waals surface area (Å²) in [6.45, 7) is 8.22. The van der Waals surface area contributed by atoms with Gasteiger partial charge in [0.2, 0.25) is 10.0 Å². The van der Waals surface area contributed by atoms with E-state index in [1.807, 2.05) is 26.0 Å². The molecule has 0 amide bonds. The zero-order valence-corrected chi connectivity index (χ0v) is 15.3. The Morgan fingerprint density at radius 2 is 1.91 bits per heavy atom. The highest BCUT2D eigenvalue weighted by atomic mass is 32.2. The maximum absolute atomic E-state index is 12.3. The number of sulfonamides is 1. The van der Waals surface area contributed by atoms with Crippen LogP contribution in [-0.4, -0.2) is 51.4 Å². The van der Waals surface area contributed by atoms with Gasteiger partial charge in [0.15, 0.2) is 0 Å². The van der Waals surface area contributed by atoms with Crippen LogP contribution in [-0.2, 0) is 10.0 Å². The van der Waals surface area contributed by atoms with E-state index < -0.39 is 10.0 Å². The van der Waals surface area contributed by atoms with Crippen molar-refractivity contribution in [3.8, 4) is 5.75 Å². The summed E-state index contributed by atoms with van der Waals surface area (Å²) < 4.78 is 32.4. The fourth-order valence-corrected chi connectivity index (χ4v) is 4.74. The van der Waals surface area contributed by atoms with Crippen LogP contribution in [0, 0.1) is 0 Å². The first-order chi connectivity index (χ1) is 10.8. The average molecular weight is 340 g/mol. The molecule has 1 N–H and O–H groups in total. The molecule has 1 aromatic carbocycles. The minimum Gasteiger partial charge on any atom is -0.497 e. The molecule has 2 rings (SSSR count). The number of nitrogens with one attached hydrogen (secondary N) is 1. The van der Waals surface area contributed by atoms with E-state index in [0.717, 1.165) is 18.8 Å². The van der Waals surface area contributed by atoms with Crippen molar-refractivity contribution in [3.05, 3.63) is 29.8 Å². The van der Waals surface area contributed by atoms with E-state index in [4.69, 9.17) is 4.74 Å². The summed E-state index contributed by atoms with van der Waals surface area (Å²) >= 11 is 0. The lowest BCUT2D eigenvalue weighted by Crippen LogP contribution is -2.40. The molecule has 1 aliphatic heterocycles. The van der Waals surface area contributed by atoms with Gasteiger partial charge in [0.05, 0.1) is 12.4 Å². The van der Waals surface area contributed by atoms with Crippen molar-refractivity contribution in [2.45, 2.75) is 44.4 Å². The van der Waals surface area contributed by atoms with Gasteiger partial charge in [-0.1, -0.05) is 19.1 Å². The molecule has 0 saturated carbocycles. The van der Waals surface area contributed by atoms with Crippen molar-refractivity contribution in [3.63, 3.8) is 0 Å². The Balaban J connectivity index is 1.91. The second kappa shape index (κ2) is 7.64. The molecule has 0 unspecified atom stereocenters. The number of hydrogen-bond acceptors (Lipinski definition) is 4. The molecule has 1 heterocycles. The third-order valence-corrected chi connectivity index (χ3v) is 6.35. The van der Waals surface area contributed by atoms with Gasteiger partial charge < -0.3 is 9.64 Å². The third-order valence-electron chi connectivity index (χ3n) is 4.28. The zero-order chi connectivity index (χ0) is 17.0. The summed E-state index contributed by atoms with van der Waals surface area (Å²) in [6, 6.07) is 8.04.